The van der Waals surface area contributed by atoms with Crippen molar-refractivity contribution >= 4 is 5.91 Å². The van der Waals surface area contributed by atoms with Gasteiger partial charge in [0.25, 0.3) is 0 Å². The van der Waals surface area contributed by atoms with E-state index in [1.807, 2.05) is 21.1 Å². The second-order valence-electron chi connectivity index (χ2n) is 3.66. The summed E-state index contributed by atoms with van der Waals surface area (Å²) in [5, 5.41) is 9.70. The Bertz CT molecular complexity index is 140. The average molecular weight is 161 g/mol. The minimum absolute atomic E-state index is 0.307. The van der Waals surface area contributed by atoms with Gasteiger partial charge in [0.2, 0.25) is 5.91 Å². The summed E-state index contributed by atoms with van der Waals surface area (Å²) < 4.78 is 0.740. The summed E-state index contributed by atoms with van der Waals surface area (Å²) in [6, 6.07) is 0. The molecule has 0 saturated carbocycles. The van der Waals surface area contributed by atoms with Crippen LogP contribution in [0.1, 0.15) is 6.92 Å². The van der Waals surface area contributed by atoms with Gasteiger partial charge in [0.05, 0.1) is 34.2 Å². The summed E-state index contributed by atoms with van der Waals surface area (Å²) in [4.78, 5) is 10.5. The molecule has 1 N–H and O–H groups in total. The summed E-state index contributed by atoms with van der Waals surface area (Å²) in [5.41, 5.74) is 0. The summed E-state index contributed by atoms with van der Waals surface area (Å²) in [6.07, 6.45) is 0. The first kappa shape index (κ1) is 10.4. The Labute approximate surface area is 67.6 Å². The third-order valence-electron chi connectivity index (χ3n) is 1.35. The van der Waals surface area contributed by atoms with Gasteiger partial charge in [-0.25, -0.2) is 5.06 Å². The number of likely N-dealkylation sites (N-methyl/N-ethyl adjacent to an activating group) is 1. The Balaban J connectivity index is 3.63. The van der Waals surface area contributed by atoms with Crippen molar-refractivity contribution in [2.75, 3.05) is 34.2 Å². The van der Waals surface area contributed by atoms with Crippen LogP contribution in [0, 0.1) is 0 Å². The van der Waals surface area contributed by atoms with E-state index in [4.69, 9.17) is 5.21 Å². The van der Waals surface area contributed by atoms with Crippen LogP contribution < -0.4 is 0 Å². The first-order valence-corrected chi connectivity index (χ1v) is 3.60. The number of quaternary nitrogens is 1. The molecule has 66 valence electrons. The van der Waals surface area contributed by atoms with Gasteiger partial charge >= 0.3 is 0 Å². The van der Waals surface area contributed by atoms with Crippen molar-refractivity contribution in [3.63, 3.8) is 0 Å². The third kappa shape index (κ3) is 5.82. The molecule has 4 nitrogen and oxygen atoms in total. The lowest BCUT2D eigenvalue weighted by Gasteiger charge is -2.25. The largest absolute Gasteiger partial charge is 0.329 e. The predicted molar refractivity (Wildman–Crippen MR) is 42.1 cm³/mol. The van der Waals surface area contributed by atoms with E-state index in [2.05, 4.69) is 0 Å². The molecule has 1 amide bonds. The van der Waals surface area contributed by atoms with Crippen LogP contribution >= 0.6 is 0 Å². The molecule has 0 atom stereocenters. The first-order valence-electron chi connectivity index (χ1n) is 3.60. The van der Waals surface area contributed by atoms with Gasteiger partial charge in [-0.3, -0.25) is 10.0 Å². The smallest absolute Gasteiger partial charge is 0.243 e. The molecule has 0 saturated heterocycles. The molecule has 0 rings (SSSR count). The molecule has 0 heterocycles. The molecule has 0 aromatic heterocycles. The van der Waals surface area contributed by atoms with Crippen molar-refractivity contribution in [2.24, 2.45) is 0 Å². The molecule has 0 aromatic carbocycles. The van der Waals surface area contributed by atoms with E-state index in [-0.39, 0.29) is 5.91 Å². The fourth-order valence-corrected chi connectivity index (χ4v) is 0.552. The van der Waals surface area contributed by atoms with E-state index in [1.54, 1.807) is 0 Å². The Morgan fingerprint density at radius 3 is 2.18 bits per heavy atom. The van der Waals surface area contributed by atoms with Gasteiger partial charge < -0.3 is 4.48 Å². The quantitative estimate of drug-likeness (QED) is 0.357. The maximum atomic E-state index is 10.5. The minimum atomic E-state index is -0.307. The summed E-state index contributed by atoms with van der Waals surface area (Å²) in [7, 11) is 6.02. The van der Waals surface area contributed by atoms with Crippen molar-refractivity contribution < 1.29 is 14.5 Å². The van der Waals surface area contributed by atoms with Gasteiger partial charge in [-0.05, 0) is 0 Å². The number of hydroxylamine groups is 2. The highest BCUT2D eigenvalue weighted by molar-refractivity contribution is 5.71. The molecule has 11 heavy (non-hydrogen) atoms. The van der Waals surface area contributed by atoms with Crippen LogP contribution in [0.3, 0.4) is 0 Å². The number of carbonyl (C=O) groups excluding carboxylic acids is 1. The highest BCUT2D eigenvalue weighted by Gasteiger charge is 2.11. The van der Waals surface area contributed by atoms with E-state index in [9.17, 15) is 4.79 Å². The van der Waals surface area contributed by atoms with Crippen molar-refractivity contribution in [1.29, 1.82) is 0 Å². The van der Waals surface area contributed by atoms with E-state index >= 15 is 0 Å². The first-order chi connectivity index (χ1) is 4.83. The van der Waals surface area contributed by atoms with Gasteiger partial charge in [-0.15, -0.1) is 0 Å². The van der Waals surface area contributed by atoms with Crippen molar-refractivity contribution in [3.05, 3.63) is 0 Å². The van der Waals surface area contributed by atoms with E-state index in [0.717, 1.165) is 16.1 Å². The summed E-state index contributed by atoms with van der Waals surface area (Å²) >= 11 is 0. The van der Waals surface area contributed by atoms with Gasteiger partial charge in [-0.1, -0.05) is 0 Å². The lowest BCUT2D eigenvalue weighted by Crippen LogP contribution is -2.42. The summed E-state index contributed by atoms with van der Waals surface area (Å²) in [5.74, 6) is -0.307. The van der Waals surface area contributed by atoms with Crippen LogP contribution in [0.15, 0.2) is 0 Å². The lowest BCUT2D eigenvalue weighted by molar-refractivity contribution is -0.870. The lowest BCUT2D eigenvalue weighted by atomic mass is 10.5. The molecule has 0 fully saturated rings. The molecule has 0 unspecified atom stereocenters. The molecule has 0 spiro atoms. The van der Waals surface area contributed by atoms with Gasteiger partial charge in [0.15, 0.2) is 0 Å². The van der Waals surface area contributed by atoms with Crippen molar-refractivity contribution in [1.82, 2.24) is 5.06 Å². The molecule has 4 heteroatoms. The van der Waals surface area contributed by atoms with Crippen LogP contribution in [-0.4, -0.2) is 54.9 Å². The Morgan fingerprint density at radius 1 is 1.45 bits per heavy atom. The maximum absolute atomic E-state index is 10.5. The number of nitrogens with zero attached hydrogens (tertiary/aromatic N) is 2. The van der Waals surface area contributed by atoms with E-state index in [1.165, 1.54) is 6.92 Å². The normalized spacial score (nSPS) is 11.4. The Morgan fingerprint density at radius 2 is 1.91 bits per heavy atom. The highest BCUT2D eigenvalue weighted by atomic mass is 16.5. The number of hydrogen-bond acceptors (Lipinski definition) is 2. The third-order valence-corrected chi connectivity index (χ3v) is 1.35. The molecule has 0 aliphatic heterocycles. The fourth-order valence-electron chi connectivity index (χ4n) is 0.552. The summed E-state index contributed by atoms with van der Waals surface area (Å²) in [6.45, 7) is 2.48. The maximum Gasteiger partial charge on any atom is 0.243 e. The standard InChI is InChI=1S/C7H17N2O2/c1-7(10)8(11)5-6-9(2,3)4/h11H,5-6H2,1-4H3/q+1. The van der Waals surface area contributed by atoms with Gasteiger partial charge in [0.1, 0.15) is 0 Å². The second-order valence-corrected chi connectivity index (χ2v) is 3.66. The molecular weight excluding hydrogens is 144 g/mol. The average Bonchev–Trinajstić information content (AvgIpc) is 1.80. The van der Waals surface area contributed by atoms with Crippen LogP contribution in [-0.2, 0) is 4.79 Å². The molecule has 0 aliphatic rings. The molecule has 0 radical (unpaired) electrons. The topological polar surface area (TPSA) is 40.5 Å². The highest BCUT2D eigenvalue weighted by Crippen LogP contribution is 1.91. The molecule has 0 bridgehead atoms. The number of rotatable bonds is 3. The van der Waals surface area contributed by atoms with Gasteiger partial charge in [0, 0.05) is 6.92 Å². The van der Waals surface area contributed by atoms with Crippen LogP contribution in [0.2, 0.25) is 0 Å². The Hall–Kier alpha value is -0.610. The zero-order valence-corrected chi connectivity index (χ0v) is 7.66. The van der Waals surface area contributed by atoms with Crippen molar-refractivity contribution in [3.8, 4) is 0 Å². The van der Waals surface area contributed by atoms with Crippen LogP contribution in [0.5, 0.6) is 0 Å². The molecular formula is C7H17N2O2+. The van der Waals surface area contributed by atoms with E-state index in [0.29, 0.717) is 6.54 Å². The van der Waals surface area contributed by atoms with Crippen LogP contribution in [0.25, 0.3) is 0 Å². The monoisotopic (exact) mass is 161 g/mol. The fraction of sp³-hybridized carbons (Fsp3) is 0.857. The number of amides is 1. The minimum Gasteiger partial charge on any atom is -0.329 e. The molecule has 0 aliphatic carbocycles. The van der Waals surface area contributed by atoms with Crippen molar-refractivity contribution in [2.45, 2.75) is 6.92 Å². The predicted octanol–water partition coefficient (Wildman–Crippen LogP) is -0.0697. The molecule has 0 aromatic rings. The van der Waals surface area contributed by atoms with Gasteiger partial charge in [-0.2, -0.15) is 0 Å². The Kier molecular flexibility index (Phi) is 3.48. The SMILES string of the molecule is CC(=O)N(O)CC[N+](C)(C)C. The van der Waals surface area contributed by atoms with E-state index < -0.39 is 0 Å². The number of hydrogen-bond donors (Lipinski definition) is 1. The number of carbonyl (C=O) groups is 1. The zero-order valence-electron chi connectivity index (χ0n) is 7.66. The second kappa shape index (κ2) is 3.69. The van der Waals surface area contributed by atoms with Crippen LogP contribution in [0.4, 0.5) is 0 Å². The zero-order chi connectivity index (χ0) is 9.07.